The van der Waals surface area contributed by atoms with Crippen LogP contribution in [0.3, 0.4) is 0 Å². The standard InChI is InChI=1S/C22H15BrN2O4S/c1-25-14-8-7-12(23)9-13(14)22(21(25)29)10-15(26)24-17-16(11-5-3-2-4-6-11)18(20(27)28)30-19(17)22/h2-9H,10H2,1H3,(H,24,26)(H,27,28). The molecule has 1 atom stereocenters. The third-order valence-corrected chi connectivity index (χ3v) is 7.53. The van der Waals surface area contributed by atoms with Gasteiger partial charge in [0.25, 0.3) is 0 Å². The molecule has 2 aliphatic rings. The minimum Gasteiger partial charge on any atom is -0.477 e. The molecule has 0 saturated heterocycles. The molecular formula is C22H15BrN2O4S. The maximum atomic E-state index is 13.6. The lowest BCUT2D eigenvalue weighted by molar-refractivity contribution is -0.126. The van der Waals surface area contributed by atoms with Gasteiger partial charge in [-0.1, -0.05) is 46.3 Å². The average molecular weight is 483 g/mol. The molecule has 30 heavy (non-hydrogen) atoms. The van der Waals surface area contributed by atoms with Crippen LogP contribution in [0.4, 0.5) is 11.4 Å². The van der Waals surface area contributed by atoms with Crippen LogP contribution < -0.4 is 10.2 Å². The molecule has 3 heterocycles. The largest absolute Gasteiger partial charge is 0.477 e. The Labute approximate surface area is 184 Å². The highest BCUT2D eigenvalue weighted by Gasteiger charge is 2.57. The first kappa shape index (κ1) is 19.0. The number of hydrogen-bond acceptors (Lipinski definition) is 4. The average Bonchev–Trinajstić information content (AvgIpc) is 3.20. The number of anilines is 2. The Balaban J connectivity index is 1.88. The van der Waals surface area contributed by atoms with Crippen LogP contribution in [-0.2, 0) is 15.0 Å². The number of likely N-dealkylation sites (N-methyl/N-ethyl adjacent to an activating group) is 1. The molecule has 0 radical (unpaired) electrons. The fraction of sp³-hybridized carbons (Fsp3) is 0.136. The SMILES string of the molecule is CN1C(=O)C2(CC(=O)Nc3c2sc(C(=O)O)c3-c2ccccc2)c2cc(Br)ccc21. The minimum absolute atomic E-state index is 0.0690. The maximum Gasteiger partial charge on any atom is 0.346 e. The zero-order valence-corrected chi connectivity index (χ0v) is 18.1. The summed E-state index contributed by atoms with van der Waals surface area (Å²) >= 11 is 4.53. The number of benzene rings is 2. The lowest BCUT2D eigenvalue weighted by Gasteiger charge is -2.32. The normalized spacial score (nSPS) is 19.6. The predicted octanol–water partition coefficient (Wildman–Crippen LogP) is 4.48. The second-order valence-electron chi connectivity index (χ2n) is 7.34. The first-order valence-electron chi connectivity index (χ1n) is 9.18. The van der Waals surface area contributed by atoms with E-state index in [1.165, 1.54) is 0 Å². The van der Waals surface area contributed by atoms with Crippen LogP contribution in [-0.4, -0.2) is 29.9 Å². The van der Waals surface area contributed by atoms with Gasteiger partial charge in [-0.2, -0.15) is 0 Å². The molecule has 2 N–H and O–H groups in total. The second-order valence-corrected chi connectivity index (χ2v) is 9.27. The number of aromatic carboxylic acids is 1. The van der Waals surface area contributed by atoms with Crippen molar-refractivity contribution in [1.82, 2.24) is 0 Å². The molecule has 3 aromatic rings. The molecule has 5 rings (SSSR count). The quantitative estimate of drug-likeness (QED) is 0.563. The van der Waals surface area contributed by atoms with Gasteiger partial charge in [-0.25, -0.2) is 4.79 Å². The van der Waals surface area contributed by atoms with E-state index in [-0.39, 0.29) is 23.1 Å². The number of halogens is 1. The van der Waals surface area contributed by atoms with Gasteiger partial charge < -0.3 is 15.3 Å². The minimum atomic E-state index is -1.24. The summed E-state index contributed by atoms with van der Waals surface area (Å²) in [5.41, 5.74) is 1.71. The van der Waals surface area contributed by atoms with E-state index in [2.05, 4.69) is 21.2 Å². The van der Waals surface area contributed by atoms with Crippen molar-refractivity contribution in [3.63, 3.8) is 0 Å². The third kappa shape index (κ3) is 2.44. The molecule has 150 valence electrons. The van der Waals surface area contributed by atoms with E-state index in [0.29, 0.717) is 27.3 Å². The first-order valence-corrected chi connectivity index (χ1v) is 10.8. The molecule has 6 nitrogen and oxygen atoms in total. The summed E-state index contributed by atoms with van der Waals surface area (Å²) in [6, 6.07) is 14.6. The summed E-state index contributed by atoms with van der Waals surface area (Å²) in [6.45, 7) is 0. The Kier molecular flexibility index (Phi) is 4.13. The number of nitrogens with zero attached hydrogens (tertiary/aromatic N) is 1. The van der Waals surface area contributed by atoms with Crippen molar-refractivity contribution in [2.45, 2.75) is 11.8 Å². The molecule has 1 spiro atoms. The first-order chi connectivity index (χ1) is 14.3. The van der Waals surface area contributed by atoms with Crippen LogP contribution >= 0.6 is 27.3 Å². The van der Waals surface area contributed by atoms with Gasteiger partial charge in [0.15, 0.2) is 0 Å². The summed E-state index contributed by atoms with van der Waals surface area (Å²) in [5.74, 6) is -1.64. The Hall–Kier alpha value is -2.97. The van der Waals surface area contributed by atoms with Crippen LogP contribution in [0.5, 0.6) is 0 Å². The highest BCUT2D eigenvalue weighted by atomic mass is 79.9. The monoisotopic (exact) mass is 482 g/mol. The molecule has 2 amide bonds. The summed E-state index contributed by atoms with van der Waals surface area (Å²) in [6.07, 6.45) is -0.0690. The van der Waals surface area contributed by atoms with Gasteiger partial charge in [-0.3, -0.25) is 9.59 Å². The van der Waals surface area contributed by atoms with E-state index < -0.39 is 11.4 Å². The number of nitrogens with one attached hydrogen (secondary N) is 1. The highest BCUT2D eigenvalue weighted by molar-refractivity contribution is 9.10. The molecule has 8 heteroatoms. The molecule has 2 aliphatic heterocycles. The number of thiophene rings is 1. The van der Waals surface area contributed by atoms with Gasteiger partial charge in [0.05, 0.1) is 17.0 Å². The molecule has 2 aromatic carbocycles. The van der Waals surface area contributed by atoms with Crippen LogP contribution in [0.2, 0.25) is 0 Å². The molecule has 0 fully saturated rings. The fourth-order valence-corrected chi connectivity index (χ4v) is 6.10. The smallest absolute Gasteiger partial charge is 0.346 e. The van der Waals surface area contributed by atoms with Gasteiger partial charge in [0.2, 0.25) is 11.8 Å². The Morgan fingerprint density at radius 2 is 1.93 bits per heavy atom. The van der Waals surface area contributed by atoms with E-state index in [1.54, 1.807) is 24.1 Å². The van der Waals surface area contributed by atoms with Crippen LogP contribution in [0.25, 0.3) is 11.1 Å². The van der Waals surface area contributed by atoms with Crippen molar-refractivity contribution in [2.24, 2.45) is 0 Å². The Morgan fingerprint density at radius 3 is 2.63 bits per heavy atom. The van der Waals surface area contributed by atoms with Gasteiger partial charge in [-0.15, -0.1) is 11.3 Å². The van der Waals surface area contributed by atoms with Gasteiger partial charge in [0, 0.05) is 22.8 Å². The Bertz CT molecular complexity index is 1250. The zero-order chi connectivity index (χ0) is 21.2. The van der Waals surface area contributed by atoms with Crippen molar-refractivity contribution in [1.29, 1.82) is 0 Å². The summed E-state index contributed by atoms with van der Waals surface area (Å²) in [5, 5.41) is 12.8. The number of amides is 2. The van der Waals surface area contributed by atoms with Crippen LogP contribution in [0.15, 0.2) is 53.0 Å². The van der Waals surface area contributed by atoms with Crippen molar-refractivity contribution in [3.8, 4) is 11.1 Å². The molecule has 0 saturated carbocycles. The van der Waals surface area contributed by atoms with Gasteiger partial charge in [-0.05, 0) is 29.3 Å². The lowest BCUT2D eigenvalue weighted by atomic mass is 9.74. The summed E-state index contributed by atoms with van der Waals surface area (Å²) in [7, 11) is 1.68. The summed E-state index contributed by atoms with van der Waals surface area (Å²) < 4.78 is 0.787. The summed E-state index contributed by atoms with van der Waals surface area (Å²) in [4.78, 5) is 40.8. The zero-order valence-electron chi connectivity index (χ0n) is 15.7. The number of carboxylic acid groups (broad SMARTS) is 1. The number of carbonyl (C=O) groups excluding carboxylic acids is 2. The second kappa shape index (κ2) is 6.52. The number of carboxylic acids is 1. The van der Waals surface area contributed by atoms with Crippen molar-refractivity contribution < 1.29 is 19.5 Å². The molecule has 0 bridgehead atoms. The maximum absolute atomic E-state index is 13.6. The van der Waals surface area contributed by atoms with Crippen LogP contribution in [0.1, 0.15) is 26.5 Å². The molecular weight excluding hydrogens is 468 g/mol. The van der Waals surface area contributed by atoms with Crippen LogP contribution in [0, 0.1) is 0 Å². The van der Waals surface area contributed by atoms with E-state index in [9.17, 15) is 19.5 Å². The van der Waals surface area contributed by atoms with E-state index in [4.69, 9.17) is 0 Å². The van der Waals surface area contributed by atoms with Gasteiger partial charge in [0.1, 0.15) is 10.3 Å². The number of hydrogen-bond donors (Lipinski definition) is 2. The van der Waals surface area contributed by atoms with Crippen molar-refractivity contribution in [3.05, 3.63) is 68.3 Å². The van der Waals surface area contributed by atoms with E-state index >= 15 is 0 Å². The molecule has 0 aliphatic carbocycles. The van der Waals surface area contributed by atoms with Gasteiger partial charge >= 0.3 is 5.97 Å². The highest BCUT2D eigenvalue weighted by Crippen LogP contribution is 2.57. The fourth-order valence-electron chi connectivity index (χ4n) is 4.43. The third-order valence-electron chi connectivity index (χ3n) is 5.69. The van der Waals surface area contributed by atoms with E-state index in [1.807, 2.05) is 36.4 Å². The topological polar surface area (TPSA) is 86.7 Å². The van der Waals surface area contributed by atoms with Crippen molar-refractivity contribution in [2.75, 3.05) is 17.3 Å². The lowest BCUT2D eigenvalue weighted by Crippen LogP contribution is -2.45. The van der Waals surface area contributed by atoms with E-state index in [0.717, 1.165) is 21.5 Å². The number of carbonyl (C=O) groups is 3. The Morgan fingerprint density at radius 1 is 1.20 bits per heavy atom. The molecule has 1 unspecified atom stereocenters. The molecule has 1 aromatic heterocycles. The predicted molar refractivity (Wildman–Crippen MR) is 118 cm³/mol. The van der Waals surface area contributed by atoms with Crippen molar-refractivity contribution >= 4 is 56.4 Å². The number of rotatable bonds is 2. The number of fused-ring (bicyclic) bond motifs is 4.